The number of hydrogen-bond acceptors (Lipinski definition) is 1. The summed E-state index contributed by atoms with van der Waals surface area (Å²) >= 11 is 21.0. The number of alkyl halides is 1. The van der Waals surface area contributed by atoms with Crippen molar-refractivity contribution in [3.05, 3.63) is 54.6 Å². The van der Waals surface area contributed by atoms with Gasteiger partial charge in [0.05, 0.1) is 14.9 Å². The van der Waals surface area contributed by atoms with E-state index in [0.29, 0.717) is 5.02 Å². The van der Waals surface area contributed by atoms with Gasteiger partial charge in [-0.25, -0.2) is 0 Å². The number of halogens is 4. The third-order valence-corrected chi connectivity index (χ3v) is 6.12. The lowest BCUT2D eigenvalue weighted by Crippen LogP contribution is -1.92. The lowest BCUT2D eigenvalue weighted by molar-refractivity contribution is 1.22. The summed E-state index contributed by atoms with van der Waals surface area (Å²) < 4.78 is 0.892. The van der Waals surface area contributed by atoms with Gasteiger partial charge in [-0.15, -0.1) is 11.3 Å². The molecule has 0 saturated heterocycles. The van der Waals surface area contributed by atoms with Gasteiger partial charge in [-0.3, -0.25) is 0 Å². The molecule has 0 fully saturated rings. The van der Waals surface area contributed by atoms with Gasteiger partial charge < -0.3 is 0 Å². The number of hydrogen-bond donors (Lipinski definition) is 0. The first-order chi connectivity index (χ1) is 7.61. The van der Waals surface area contributed by atoms with Crippen LogP contribution in [-0.2, 0) is 0 Å². The molecule has 1 atom stereocenters. The van der Waals surface area contributed by atoms with Crippen LogP contribution < -0.4 is 0 Å². The summed E-state index contributed by atoms with van der Waals surface area (Å²) in [7, 11) is 0. The molecular formula is C11H6Br2Cl2S. The Balaban J connectivity index is 2.46. The van der Waals surface area contributed by atoms with Crippen LogP contribution >= 0.6 is 66.4 Å². The molecule has 0 spiro atoms. The molecule has 1 heterocycles. The van der Waals surface area contributed by atoms with Gasteiger partial charge in [0.25, 0.3) is 0 Å². The normalized spacial score (nSPS) is 12.8. The third kappa shape index (κ3) is 2.49. The summed E-state index contributed by atoms with van der Waals surface area (Å²) in [4.78, 5) is 1.10. The summed E-state index contributed by atoms with van der Waals surface area (Å²) in [6.45, 7) is 0. The van der Waals surface area contributed by atoms with Crippen molar-refractivity contribution in [2.45, 2.75) is 4.83 Å². The Labute approximate surface area is 125 Å². The van der Waals surface area contributed by atoms with Gasteiger partial charge in [0.2, 0.25) is 0 Å². The Kier molecular flexibility index (Phi) is 4.36. The summed E-state index contributed by atoms with van der Waals surface area (Å²) in [6, 6.07) is 7.76. The van der Waals surface area contributed by atoms with Crippen LogP contribution in [0.2, 0.25) is 10.0 Å². The highest BCUT2D eigenvalue weighted by molar-refractivity contribution is 9.10. The lowest BCUT2D eigenvalue weighted by atomic mass is 10.1. The second-order valence-corrected chi connectivity index (χ2v) is 6.64. The highest BCUT2D eigenvalue weighted by Gasteiger charge is 2.18. The Morgan fingerprint density at radius 3 is 2.56 bits per heavy atom. The topological polar surface area (TPSA) is 0 Å². The van der Waals surface area contributed by atoms with Gasteiger partial charge in [0.1, 0.15) is 0 Å². The summed E-state index contributed by atoms with van der Waals surface area (Å²) in [5.74, 6) is 0. The van der Waals surface area contributed by atoms with Crippen LogP contribution in [-0.4, -0.2) is 0 Å². The maximum absolute atomic E-state index is 6.24. The Bertz CT molecular complexity index is 510. The van der Waals surface area contributed by atoms with Gasteiger partial charge >= 0.3 is 0 Å². The lowest BCUT2D eigenvalue weighted by Gasteiger charge is -2.12. The highest BCUT2D eigenvalue weighted by Crippen LogP contribution is 2.42. The molecule has 1 unspecified atom stereocenters. The summed E-state index contributed by atoms with van der Waals surface area (Å²) in [5.41, 5.74) is 1.01. The first-order valence-electron chi connectivity index (χ1n) is 4.42. The van der Waals surface area contributed by atoms with Crippen molar-refractivity contribution in [2.24, 2.45) is 0 Å². The zero-order valence-corrected chi connectivity index (χ0v) is 13.4. The molecular weight excluding hydrogens is 395 g/mol. The molecule has 2 aromatic rings. The molecule has 1 aromatic heterocycles. The second kappa shape index (κ2) is 5.40. The monoisotopic (exact) mass is 398 g/mol. The number of thiophene rings is 1. The number of benzene rings is 1. The van der Waals surface area contributed by atoms with E-state index in [1.165, 1.54) is 0 Å². The minimum atomic E-state index is 0.0324. The summed E-state index contributed by atoms with van der Waals surface area (Å²) in [5, 5.41) is 3.45. The molecule has 16 heavy (non-hydrogen) atoms. The van der Waals surface area contributed by atoms with Crippen molar-refractivity contribution in [3.8, 4) is 0 Å². The van der Waals surface area contributed by atoms with Crippen LogP contribution in [0.3, 0.4) is 0 Å². The van der Waals surface area contributed by atoms with Gasteiger partial charge in [-0.1, -0.05) is 51.3 Å². The molecule has 84 valence electrons. The predicted molar refractivity (Wildman–Crippen MR) is 79.3 cm³/mol. The molecule has 0 amide bonds. The minimum Gasteiger partial charge on any atom is -0.146 e. The standard InChI is InChI=1S/C11H6Br2Cl2S/c12-7-3-1-2-6(10(7)15)9(13)11-8(14)4-5-16-11/h1-5,9H. The molecule has 2 rings (SSSR count). The molecule has 0 aliphatic rings. The van der Waals surface area contributed by atoms with Gasteiger partial charge in [0, 0.05) is 9.35 Å². The van der Waals surface area contributed by atoms with E-state index >= 15 is 0 Å². The van der Waals surface area contributed by atoms with E-state index in [0.717, 1.165) is 19.9 Å². The maximum atomic E-state index is 6.24. The fourth-order valence-corrected chi connectivity index (χ4v) is 4.33. The van der Waals surface area contributed by atoms with Gasteiger partial charge in [-0.2, -0.15) is 0 Å². The number of rotatable bonds is 2. The minimum absolute atomic E-state index is 0.0324. The maximum Gasteiger partial charge on any atom is 0.0767 e. The molecule has 0 aliphatic carbocycles. The van der Waals surface area contributed by atoms with E-state index in [1.807, 2.05) is 29.6 Å². The average molecular weight is 401 g/mol. The Morgan fingerprint density at radius 1 is 1.19 bits per heavy atom. The Hall–Kier alpha value is 0.460. The molecule has 0 saturated carbocycles. The van der Waals surface area contributed by atoms with Crippen molar-refractivity contribution >= 4 is 66.4 Å². The van der Waals surface area contributed by atoms with Gasteiger partial charge in [0.15, 0.2) is 0 Å². The van der Waals surface area contributed by atoms with E-state index in [4.69, 9.17) is 23.2 Å². The predicted octanol–water partition coefficient (Wildman–Crippen LogP) is 6.30. The van der Waals surface area contributed by atoms with Crippen LogP contribution in [0.15, 0.2) is 34.1 Å². The van der Waals surface area contributed by atoms with Crippen LogP contribution in [0, 0.1) is 0 Å². The molecule has 0 radical (unpaired) electrons. The molecule has 0 aliphatic heterocycles. The van der Waals surface area contributed by atoms with Crippen LogP contribution in [0.1, 0.15) is 15.3 Å². The molecule has 0 bridgehead atoms. The highest BCUT2D eigenvalue weighted by atomic mass is 79.9. The van der Waals surface area contributed by atoms with Crippen molar-refractivity contribution < 1.29 is 0 Å². The van der Waals surface area contributed by atoms with Crippen molar-refractivity contribution in [1.82, 2.24) is 0 Å². The molecule has 0 nitrogen and oxygen atoms in total. The third-order valence-electron chi connectivity index (χ3n) is 2.13. The van der Waals surface area contributed by atoms with E-state index in [9.17, 15) is 0 Å². The van der Waals surface area contributed by atoms with Crippen molar-refractivity contribution in [3.63, 3.8) is 0 Å². The van der Waals surface area contributed by atoms with Crippen LogP contribution in [0.25, 0.3) is 0 Å². The van der Waals surface area contributed by atoms with Crippen LogP contribution in [0.4, 0.5) is 0 Å². The zero-order chi connectivity index (χ0) is 11.7. The first kappa shape index (κ1) is 12.9. The van der Waals surface area contributed by atoms with E-state index in [2.05, 4.69) is 31.9 Å². The quantitative estimate of drug-likeness (QED) is 0.519. The molecule has 1 aromatic carbocycles. The van der Waals surface area contributed by atoms with Gasteiger partial charge in [-0.05, 0) is 39.0 Å². The van der Waals surface area contributed by atoms with E-state index < -0.39 is 0 Å². The van der Waals surface area contributed by atoms with E-state index in [1.54, 1.807) is 11.3 Å². The molecule has 5 heteroatoms. The first-order valence-corrected chi connectivity index (χ1v) is 7.76. The smallest absolute Gasteiger partial charge is 0.0767 e. The van der Waals surface area contributed by atoms with Crippen molar-refractivity contribution in [2.75, 3.05) is 0 Å². The average Bonchev–Trinajstić information content (AvgIpc) is 2.68. The SMILES string of the molecule is Clc1ccsc1C(Br)c1cccc(Br)c1Cl. The van der Waals surface area contributed by atoms with Crippen LogP contribution in [0.5, 0.6) is 0 Å². The summed E-state index contributed by atoms with van der Waals surface area (Å²) in [6.07, 6.45) is 0. The van der Waals surface area contributed by atoms with E-state index in [-0.39, 0.29) is 4.83 Å². The largest absolute Gasteiger partial charge is 0.146 e. The second-order valence-electron chi connectivity index (χ2n) is 3.14. The molecule has 0 N–H and O–H groups in total. The Morgan fingerprint density at radius 2 is 1.94 bits per heavy atom. The fraction of sp³-hybridized carbons (Fsp3) is 0.0909. The van der Waals surface area contributed by atoms with Crippen molar-refractivity contribution in [1.29, 1.82) is 0 Å². The fourth-order valence-electron chi connectivity index (χ4n) is 1.34. The zero-order valence-electron chi connectivity index (χ0n) is 7.88.